The molecule has 1 saturated heterocycles. The second kappa shape index (κ2) is 3.68. The van der Waals surface area contributed by atoms with E-state index < -0.39 is 30.6 Å². The predicted octanol–water partition coefficient (Wildman–Crippen LogP) is -1.84. The smallest absolute Gasteiger partial charge is 0.172 e. The third kappa shape index (κ3) is 1.60. The number of nitrogens with two attached hydrogens (primary N) is 1. The highest BCUT2D eigenvalue weighted by Crippen LogP contribution is 2.20. The maximum Gasteiger partial charge on any atom is 0.172 e. The van der Waals surface area contributed by atoms with E-state index in [0.29, 0.717) is 6.42 Å². The van der Waals surface area contributed by atoms with Crippen molar-refractivity contribution in [2.24, 2.45) is 5.73 Å². The van der Waals surface area contributed by atoms with Gasteiger partial charge >= 0.3 is 0 Å². The normalized spacial score (nSPS) is 49.2. The van der Waals surface area contributed by atoms with E-state index in [2.05, 4.69) is 0 Å². The Balaban J connectivity index is 2.63. The average Bonchev–Trinajstić information content (AvgIpc) is 2.08. The SMILES string of the molecule is CC[C@H]1O[C@@H](O)[C@H](N)[C@H](O)[C@H]1O. The fraction of sp³-hybridized carbons (Fsp3) is 1.00. The number of ether oxygens (including phenoxy) is 1. The van der Waals surface area contributed by atoms with Crippen LogP contribution in [0.2, 0.25) is 0 Å². The first-order chi connectivity index (χ1) is 5.57. The molecule has 12 heavy (non-hydrogen) atoms. The van der Waals surface area contributed by atoms with Gasteiger partial charge in [0.05, 0.1) is 12.1 Å². The Morgan fingerprint density at radius 1 is 1.25 bits per heavy atom. The minimum Gasteiger partial charge on any atom is -0.388 e. The van der Waals surface area contributed by atoms with Crippen molar-refractivity contribution in [2.75, 3.05) is 0 Å². The van der Waals surface area contributed by atoms with Crippen molar-refractivity contribution < 1.29 is 20.1 Å². The van der Waals surface area contributed by atoms with Crippen molar-refractivity contribution in [2.45, 2.75) is 44.0 Å². The van der Waals surface area contributed by atoms with Crippen LogP contribution >= 0.6 is 0 Å². The summed E-state index contributed by atoms with van der Waals surface area (Å²) in [5, 5.41) is 27.8. The summed E-state index contributed by atoms with van der Waals surface area (Å²) in [6, 6.07) is -0.928. The highest BCUT2D eigenvalue weighted by atomic mass is 16.6. The van der Waals surface area contributed by atoms with E-state index in [1.54, 1.807) is 6.92 Å². The molecule has 72 valence electrons. The van der Waals surface area contributed by atoms with Gasteiger partial charge in [-0.3, -0.25) is 0 Å². The van der Waals surface area contributed by atoms with Crippen molar-refractivity contribution in [3.63, 3.8) is 0 Å². The standard InChI is InChI=1S/C7H15NO4/c1-2-3-5(9)6(10)4(8)7(11)12-3/h3-7,9-11H,2,8H2,1H3/t3-,4-,5+,6+,7-/m1/s1. The molecular formula is C7H15NO4. The lowest BCUT2D eigenvalue weighted by molar-refractivity contribution is -0.242. The van der Waals surface area contributed by atoms with E-state index >= 15 is 0 Å². The molecule has 1 rings (SSSR count). The van der Waals surface area contributed by atoms with Crippen molar-refractivity contribution in [1.82, 2.24) is 0 Å². The van der Waals surface area contributed by atoms with Gasteiger partial charge in [0, 0.05) is 0 Å². The quantitative estimate of drug-likeness (QED) is 0.377. The van der Waals surface area contributed by atoms with Crippen molar-refractivity contribution in [1.29, 1.82) is 0 Å². The van der Waals surface area contributed by atoms with Gasteiger partial charge in [-0.15, -0.1) is 0 Å². The molecule has 0 aliphatic carbocycles. The fourth-order valence-electron chi connectivity index (χ4n) is 1.30. The number of hydrogen-bond acceptors (Lipinski definition) is 5. The van der Waals surface area contributed by atoms with E-state index in [-0.39, 0.29) is 0 Å². The third-order valence-electron chi connectivity index (χ3n) is 2.17. The van der Waals surface area contributed by atoms with Gasteiger partial charge in [-0.25, -0.2) is 0 Å². The molecule has 5 atom stereocenters. The minimum atomic E-state index is -1.19. The van der Waals surface area contributed by atoms with Crippen LogP contribution in [0.3, 0.4) is 0 Å². The second-order valence-electron chi connectivity index (χ2n) is 3.03. The Morgan fingerprint density at radius 2 is 1.83 bits per heavy atom. The van der Waals surface area contributed by atoms with Crippen molar-refractivity contribution in [3.8, 4) is 0 Å². The number of aliphatic hydroxyl groups is 3. The molecule has 1 fully saturated rings. The second-order valence-corrected chi connectivity index (χ2v) is 3.03. The van der Waals surface area contributed by atoms with Crippen LogP contribution < -0.4 is 5.73 Å². The van der Waals surface area contributed by atoms with Crippen LogP contribution in [0.5, 0.6) is 0 Å². The van der Waals surface area contributed by atoms with Gasteiger partial charge in [0.1, 0.15) is 12.2 Å². The lowest BCUT2D eigenvalue weighted by Gasteiger charge is -2.38. The van der Waals surface area contributed by atoms with Crippen LogP contribution in [-0.2, 0) is 4.74 Å². The Kier molecular flexibility index (Phi) is 3.03. The van der Waals surface area contributed by atoms with Gasteiger partial charge in [-0.2, -0.15) is 0 Å². The first-order valence-corrected chi connectivity index (χ1v) is 4.03. The molecule has 0 radical (unpaired) electrons. The zero-order valence-corrected chi connectivity index (χ0v) is 6.92. The maximum absolute atomic E-state index is 9.36. The molecule has 0 aromatic carbocycles. The number of hydrogen-bond donors (Lipinski definition) is 4. The molecule has 0 spiro atoms. The summed E-state index contributed by atoms with van der Waals surface area (Å²) < 4.78 is 4.95. The molecule has 1 aliphatic heterocycles. The Labute approximate surface area is 70.8 Å². The van der Waals surface area contributed by atoms with Crippen LogP contribution in [0.15, 0.2) is 0 Å². The Hall–Kier alpha value is -0.200. The zero-order chi connectivity index (χ0) is 9.30. The summed E-state index contributed by atoms with van der Waals surface area (Å²) in [5.41, 5.74) is 5.34. The van der Waals surface area contributed by atoms with Gasteiger partial charge in [0.15, 0.2) is 6.29 Å². The molecule has 0 saturated carbocycles. The van der Waals surface area contributed by atoms with Gasteiger partial charge in [-0.1, -0.05) is 6.92 Å². The van der Waals surface area contributed by atoms with Crippen molar-refractivity contribution >= 4 is 0 Å². The number of rotatable bonds is 1. The average molecular weight is 177 g/mol. The van der Waals surface area contributed by atoms with E-state index in [0.717, 1.165) is 0 Å². The van der Waals surface area contributed by atoms with E-state index in [1.165, 1.54) is 0 Å². The fourth-order valence-corrected chi connectivity index (χ4v) is 1.30. The Morgan fingerprint density at radius 3 is 2.33 bits per heavy atom. The maximum atomic E-state index is 9.36. The Bertz CT molecular complexity index is 150. The predicted molar refractivity (Wildman–Crippen MR) is 41.2 cm³/mol. The third-order valence-corrected chi connectivity index (χ3v) is 2.17. The molecule has 0 bridgehead atoms. The molecular weight excluding hydrogens is 162 g/mol. The summed E-state index contributed by atoms with van der Waals surface area (Å²) >= 11 is 0. The van der Waals surface area contributed by atoms with E-state index in [1.807, 2.05) is 0 Å². The van der Waals surface area contributed by atoms with Crippen LogP contribution in [0.4, 0.5) is 0 Å². The molecule has 1 aliphatic rings. The lowest BCUT2D eigenvalue weighted by Crippen LogP contribution is -2.60. The summed E-state index contributed by atoms with van der Waals surface area (Å²) in [4.78, 5) is 0. The zero-order valence-electron chi connectivity index (χ0n) is 6.92. The van der Waals surface area contributed by atoms with Gasteiger partial charge in [0.25, 0.3) is 0 Å². The molecule has 5 nitrogen and oxygen atoms in total. The summed E-state index contributed by atoms with van der Waals surface area (Å²) in [6.45, 7) is 1.80. The topological polar surface area (TPSA) is 95.9 Å². The summed E-state index contributed by atoms with van der Waals surface area (Å²) in [6.07, 6.45) is -3.31. The molecule has 0 amide bonds. The minimum absolute atomic E-state index is 0.530. The van der Waals surface area contributed by atoms with E-state index in [4.69, 9.17) is 15.6 Å². The molecule has 0 aromatic heterocycles. The van der Waals surface area contributed by atoms with Gasteiger partial charge in [0.2, 0.25) is 0 Å². The summed E-state index contributed by atoms with van der Waals surface area (Å²) in [7, 11) is 0. The molecule has 5 heteroatoms. The largest absolute Gasteiger partial charge is 0.388 e. The summed E-state index contributed by atoms with van der Waals surface area (Å²) in [5.74, 6) is 0. The molecule has 5 N–H and O–H groups in total. The molecule has 0 unspecified atom stereocenters. The highest BCUT2D eigenvalue weighted by molar-refractivity contribution is 4.90. The van der Waals surface area contributed by atoms with Crippen LogP contribution in [0, 0.1) is 0 Å². The first kappa shape index (κ1) is 9.88. The molecule has 0 aromatic rings. The lowest BCUT2D eigenvalue weighted by atomic mass is 9.96. The molecule has 1 heterocycles. The van der Waals surface area contributed by atoms with Gasteiger partial charge < -0.3 is 25.8 Å². The van der Waals surface area contributed by atoms with Crippen molar-refractivity contribution in [3.05, 3.63) is 0 Å². The highest BCUT2D eigenvalue weighted by Gasteiger charge is 2.40. The van der Waals surface area contributed by atoms with E-state index in [9.17, 15) is 10.2 Å². The van der Waals surface area contributed by atoms with Crippen LogP contribution in [-0.4, -0.2) is 46.0 Å². The van der Waals surface area contributed by atoms with Crippen LogP contribution in [0.1, 0.15) is 13.3 Å². The first-order valence-electron chi connectivity index (χ1n) is 4.03. The monoisotopic (exact) mass is 177 g/mol. The van der Waals surface area contributed by atoms with Crippen LogP contribution in [0.25, 0.3) is 0 Å². The number of aliphatic hydroxyl groups excluding tert-OH is 3. The van der Waals surface area contributed by atoms with Gasteiger partial charge in [-0.05, 0) is 6.42 Å².